The van der Waals surface area contributed by atoms with E-state index in [9.17, 15) is 10.2 Å². The average molecular weight is 390 g/mol. The highest BCUT2D eigenvalue weighted by molar-refractivity contribution is 5.97. The van der Waals surface area contributed by atoms with Gasteiger partial charge in [0.05, 0.1) is 22.9 Å². The number of aromatic hydroxyl groups is 2. The highest BCUT2D eigenvalue weighted by Crippen LogP contribution is 2.44. The Bertz CT molecular complexity index is 1380. The number of benzene rings is 4. The summed E-state index contributed by atoms with van der Waals surface area (Å²) in [6.07, 6.45) is 1.75. The van der Waals surface area contributed by atoms with Crippen molar-refractivity contribution in [3.05, 3.63) is 97.2 Å². The van der Waals surface area contributed by atoms with Crippen molar-refractivity contribution in [3.8, 4) is 45.0 Å². The van der Waals surface area contributed by atoms with Crippen molar-refractivity contribution >= 4 is 11.0 Å². The Kier molecular flexibility index (Phi) is 4.37. The van der Waals surface area contributed by atoms with Crippen molar-refractivity contribution < 1.29 is 10.2 Å². The zero-order chi connectivity index (χ0) is 20.5. The Balaban J connectivity index is 1.84. The van der Waals surface area contributed by atoms with E-state index in [1.165, 1.54) is 0 Å². The van der Waals surface area contributed by atoms with E-state index in [0.717, 1.165) is 27.7 Å². The second kappa shape index (κ2) is 7.33. The van der Waals surface area contributed by atoms with E-state index in [-0.39, 0.29) is 11.5 Å². The minimum Gasteiger partial charge on any atom is -0.507 e. The van der Waals surface area contributed by atoms with Gasteiger partial charge in [-0.05, 0) is 29.8 Å². The molecule has 0 aliphatic heterocycles. The fourth-order valence-electron chi connectivity index (χ4n) is 3.75. The van der Waals surface area contributed by atoms with Crippen LogP contribution in [0.2, 0.25) is 0 Å². The molecule has 0 aliphatic rings. The zero-order valence-electron chi connectivity index (χ0n) is 16.0. The molecule has 5 aromatic rings. The van der Waals surface area contributed by atoms with Gasteiger partial charge in [0, 0.05) is 22.3 Å². The first kappa shape index (κ1) is 17.9. The molecule has 0 saturated carbocycles. The number of hydrogen-bond acceptors (Lipinski definition) is 4. The van der Waals surface area contributed by atoms with E-state index in [1.807, 2.05) is 66.7 Å². The van der Waals surface area contributed by atoms with Gasteiger partial charge in [0.25, 0.3) is 0 Å². The molecule has 1 heterocycles. The first-order valence-corrected chi connectivity index (χ1v) is 9.64. The first-order valence-electron chi connectivity index (χ1n) is 9.64. The van der Waals surface area contributed by atoms with Gasteiger partial charge >= 0.3 is 0 Å². The lowest BCUT2D eigenvalue weighted by atomic mass is 9.88. The lowest BCUT2D eigenvalue weighted by Crippen LogP contribution is -1.94. The Morgan fingerprint density at radius 3 is 1.80 bits per heavy atom. The monoisotopic (exact) mass is 390 g/mol. The summed E-state index contributed by atoms with van der Waals surface area (Å²) in [6, 6.07) is 27.9. The third-order valence-electron chi connectivity index (χ3n) is 5.16. The van der Waals surface area contributed by atoms with Crippen molar-refractivity contribution in [1.82, 2.24) is 9.97 Å². The molecule has 0 fully saturated rings. The maximum Gasteiger partial charge on any atom is 0.123 e. The van der Waals surface area contributed by atoms with Crippen molar-refractivity contribution in [3.63, 3.8) is 0 Å². The number of rotatable bonds is 3. The van der Waals surface area contributed by atoms with E-state index in [2.05, 4.69) is 4.98 Å². The minimum absolute atomic E-state index is 0.162. The van der Waals surface area contributed by atoms with Gasteiger partial charge in [0.15, 0.2) is 0 Å². The number of hydrogen-bond donors (Lipinski definition) is 2. The van der Waals surface area contributed by atoms with Crippen LogP contribution in [0.3, 0.4) is 0 Å². The van der Waals surface area contributed by atoms with Gasteiger partial charge < -0.3 is 10.2 Å². The number of aromatic nitrogens is 2. The Labute approximate surface area is 173 Å². The van der Waals surface area contributed by atoms with E-state index in [4.69, 9.17) is 4.98 Å². The smallest absolute Gasteiger partial charge is 0.123 e. The van der Waals surface area contributed by atoms with Crippen LogP contribution < -0.4 is 0 Å². The standard InChI is InChI=1S/C26H18N2O2/c29-24-14-5-1-8-17(24)18-10-7-11-19(26(18)20-9-2-6-15-25(20)30)23-16-27-21-12-3-4-13-22(21)28-23/h1-16,29-30H. The number of phenols is 2. The Morgan fingerprint density at radius 2 is 1.07 bits per heavy atom. The summed E-state index contributed by atoms with van der Waals surface area (Å²) < 4.78 is 0. The van der Waals surface area contributed by atoms with Crippen LogP contribution in [0.1, 0.15) is 0 Å². The number of phenolic OH excluding ortho intramolecular Hbond substituents is 2. The molecule has 144 valence electrons. The molecule has 0 radical (unpaired) electrons. The Hall–Kier alpha value is -4.18. The van der Waals surface area contributed by atoms with Crippen molar-refractivity contribution in [2.75, 3.05) is 0 Å². The molecule has 0 saturated heterocycles. The molecule has 1 aromatic heterocycles. The normalized spacial score (nSPS) is 10.9. The van der Waals surface area contributed by atoms with Gasteiger partial charge in [0.1, 0.15) is 11.5 Å². The minimum atomic E-state index is 0.162. The topological polar surface area (TPSA) is 66.2 Å². The van der Waals surface area contributed by atoms with E-state index in [0.29, 0.717) is 16.8 Å². The number of para-hydroxylation sites is 4. The second-order valence-electron chi connectivity index (χ2n) is 7.01. The summed E-state index contributed by atoms with van der Waals surface area (Å²) in [5, 5.41) is 21.2. The van der Waals surface area contributed by atoms with Crippen LogP contribution in [0.25, 0.3) is 44.5 Å². The van der Waals surface area contributed by atoms with Crippen LogP contribution in [0, 0.1) is 0 Å². The largest absolute Gasteiger partial charge is 0.507 e. The summed E-state index contributed by atoms with van der Waals surface area (Å²) in [6.45, 7) is 0. The van der Waals surface area contributed by atoms with Gasteiger partial charge in [-0.15, -0.1) is 0 Å². The van der Waals surface area contributed by atoms with Gasteiger partial charge in [0.2, 0.25) is 0 Å². The molecule has 5 rings (SSSR count). The molecule has 30 heavy (non-hydrogen) atoms. The van der Waals surface area contributed by atoms with E-state index >= 15 is 0 Å². The lowest BCUT2D eigenvalue weighted by Gasteiger charge is -2.17. The third kappa shape index (κ3) is 3.05. The maximum absolute atomic E-state index is 10.6. The molecule has 4 heteroatoms. The van der Waals surface area contributed by atoms with Crippen molar-refractivity contribution in [2.45, 2.75) is 0 Å². The maximum atomic E-state index is 10.6. The van der Waals surface area contributed by atoms with Crippen LogP contribution in [0.4, 0.5) is 0 Å². The molecule has 0 amide bonds. The van der Waals surface area contributed by atoms with Crippen LogP contribution in [0.15, 0.2) is 97.2 Å². The molecule has 0 bridgehead atoms. The fraction of sp³-hybridized carbons (Fsp3) is 0. The number of nitrogens with zero attached hydrogens (tertiary/aromatic N) is 2. The molecular weight excluding hydrogens is 372 g/mol. The average Bonchev–Trinajstić information content (AvgIpc) is 2.79. The van der Waals surface area contributed by atoms with Gasteiger partial charge in [-0.3, -0.25) is 4.98 Å². The van der Waals surface area contributed by atoms with Crippen LogP contribution >= 0.6 is 0 Å². The number of fused-ring (bicyclic) bond motifs is 1. The molecule has 4 aromatic carbocycles. The highest BCUT2D eigenvalue weighted by Gasteiger charge is 2.19. The van der Waals surface area contributed by atoms with Crippen LogP contribution in [0.5, 0.6) is 11.5 Å². The van der Waals surface area contributed by atoms with Crippen molar-refractivity contribution in [2.24, 2.45) is 0 Å². The van der Waals surface area contributed by atoms with Gasteiger partial charge in [-0.25, -0.2) is 4.98 Å². The van der Waals surface area contributed by atoms with Crippen LogP contribution in [-0.2, 0) is 0 Å². The molecule has 2 N–H and O–H groups in total. The summed E-state index contributed by atoms with van der Waals surface area (Å²) in [5.41, 5.74) is 6.10. The molecule has 0 unspecified atom stereocenters. The second-order valence-corrected chi connectivity index (χ2v) is 7.01. The summed E-state index contributed by atoms with van der Waals surface area (Å²) in [5.74, 6) is 0.339. The lowest BCUT2D eigenvalue weighted by molar-refractivity contribution is 0.476. The molecule has 4 nitrogen and oxygen atoms in total. The SMILES string of the molecule is Oc1ccccc1-c1cccc(-c2cnc3ccccc3n2)c1-c1ccccc1O. The van der Waals surface area contributed by atoms with Crippen LogP contribution in [-0.4, -0.2) is 20.2 Å². The Morgan fingerprint density at radius 1 is 0.500 bits per heavy atom. The van der Waals surface area contributed by atoms with Gasteiger partial charge in [-0.1, -0.05) is 66.7 Å². The zero-order valence-corrected chi connectivity index (χ0v) is 16.0. The highest BCUT2D eigenvalue weighted by atomic mass is 16.3. The third-order valence-corrected chi connectivity index (χ3v) is 5.16. The predicted molar refractivity (Wildman–Crippen MR) is 119 cm³/mol. The van der Waals surface area contributed by atoms with Crippen molar-refractivity contribution in [1.29, 1.82) is 0 Å². The first-order chi connectivity index (χ1) is 14.7. The molecular formula is C26H18N2O2. The van der Waals surface area contributed by atoms with Gasteiger partial charge in [-0.2, -0.15) is 0 Å². The quantitative estimate of drug-likeness (QED) is 0.394. The molecule has 0 atom stereocenters. The summed E-state index contributed by atoms with van der Waals surface area (Å²) in [4.78, 5) is 9.37. The van der Waals surface area contributed by atoms with E-state index < -0.39 is 0 Å². The molecule has 0 aliphatic carbocycles. The predicted octanol–water partition coefficient (Wildman–Crippen LogP) is 6.04. The van der Waals surface area contributed by atoms with E-state index in [1.54, 1.807) is 30.5 Å². The summed E-state index contributed by atoms with van der Waals surface area (Å²) >= 11 is 0. The summed E-state index contributed by atoms with van der Waals surface area (Å²) in [7, 11) is 0. The fourth-order valence-corrected chi connectivity index (χ4v) is 3.75. The molecule has 0 spiro atoms.